The Morgan fingerprint density at radius 2 is 2.04 bits per heavy atom. The van der Waals surface area contributed by atoms with Crippen molar-refractivity contribution in [3.8, 4) is 0 Å². The number of piperazine rings is 1. The SMILES string of the molecule is CC(C)(C)OC(=O)NCCCCN=C(N)N1CCN(c2nccs2)CC1.I. The van der Waals surface area contributed by atoms with Crippen LogP contribution in [0.4, 0.5) is 9.93 Å². The molecule has 1 fully saturated rings. The van der Waals surface area contributed by atoms with Crippen LogP contribution in [0.15, 0.2) is 16.6 Å². The second-order valence-corrected chi connectivity index (χ2v) is 8.04. The maximum absolute atomic E-state index is 11.5. The van der Waals surface area contributed by atoms with Gasteiger partial charge in [-0.1, -0.05) is 0 Å². The summed E-state index contributed by atoms with van der Waals surface area (Å²) in [5.41, 5.74) is 5.63. The topological polar surface area (TPSA) is 96.1 Å². The summed E-state index contributed by atoms with van der Waals surface area (Å²) in [5.74, 6) is 0.601. The fraction of sp³-hybridized carbons (Fsp3) is 0.706. The minimum Gasteiger partial charge on any atom is -0.444 e. The highest BCUT2D eigenvalue weighted by Crippen LogP contribution is 2.18. The number of guanidine groups is 1. The fourth-order valence-electron chi connectivity index (χ4n) is 2.53. The first-order valence-electron chi connectivity index (χ1n) is 9.01. The van der Waals surface area contributed by atoms with Crippen LogP contribution in [0, 0.1) is 0 Å². The quantitative estimate of drug-likeness (QED) is 0.264. The lowest BCUT2D eigenvalue weighted by atomic mass is 10.2. The summed E-state index contributed by atoms with van der Waals surface area (Å²) in [5, 5.41) is 5.81. The Bertz CT molecular complexity index is 583. The molecule has 10 heteroatoms. The van der Waals surface area contributed by atoms with Gasteiger partial charge in [-0.15, -0.1) is 35.3 Å². The minimum absolute atomic E-state index is 0. The van der Waals surface area contributed by atoms with E-state index < -0.39 is 5.60 Å². The lowest BCUT2D eigenvalue weighted by molar-refractivity contribution is 0.0527. The second-order valence-electron chi connectivity index (χ2n) is 7.16. The van der Waals surface area contributed by atoms with E-state index in [1.807, 2.05) is 32.3 Å². The number of alkyl carbamates (subject to hydrolysis) is 1. The zero-order valence-electron chi connectivity index (χ0n) is 16.3. The van der Waals surface area contributed by atoms with Crippen molar-refractivity contribution >= 4 is 52.5 Å². The van der Waals surface area contributed by atoms with Gasteiger partial charge < -0.3 is 25.6 Å². The van der Waals surface area contributed by atoms with Gasteiger partial charge in [0.1, 0.15) is 5.60 Å². The van der Waals surface area contributed by atoms with Crippen LogP contribution < -0.4 is 16.0 Å². The summed E-state index contributed by atoms with van der Waals surface area (Å²) in [6.45, 7) is 10.3. The molecule has 8 nitrogen and oxygen atoms in total. The van der Waals surface area contributed by atoms with E-state index in [-0.39, 0.29) is 30.1 Å². The van der Waals surface area contributed by atoms with Crippen LogP contribution in [0.5, 0.6) is 0 Å². The van der Waals surface area contributed by atoms with E-state index in [0.717, 1.165) is 44.2 Å². The predicted molar refractivity (Wildman–Crippen MR) is 121 cm³/mol. The van der Waals surface area contributed by atoms with Crippen LogP contribution in [0.2, 0.25) is 0 Å². The van der Waals surface area contributed by atoms with Crippen LogP contribution in [0.1, 0.15) is 33.6 Å². The highest BCUT2D eigenvalue weighted by molar-refractivity contribution is 14.0. The summed E-state index contributed by atoms with van der Waals surface area (Å²) >= 11 is 1.66. The molecule has 2 rings (SSSR count). The molecular formula is C17H31IN6O2S. The molecule has 27 heavy (non-hydrogen) atoms. The van der Waals surface area contributed by atoms with Crippen molar-refractivity contribution in [3.05, 3.63) is 11.6 Å². The number of nitrogens with one attached hydrogen (secondary N) is 1. The van der Waals surface area contributed by atoms with Gasteiger partial charge in [-0.25, -0.2) is 9.78 Å². The summed E-state index contributed by atoms with van der Waals surface area (Å²) in [6, 6.07) is 0. The number of nitrogens with two attached hydrogens (primary N) is 1. The first-order valence-corrected chi connectivity index (χ1v) is 9.89. The molecule has 0 unspecified atom stereocenters. The van der Waals surface area contributed by atoms with Gasteiger partial charge in [-0.2, -0.15) is 0 Å². The molecule has 0 aromatic carbocycles. The molecule has 1 aromatic rings. The molecule has 0 saturated carbocycles. The smallest absolute Gasteiger partial charge is 0.407 e. The Kier molecular flexibility index (Phi) is 10.1. The third-order valence-corrected chi connectivity index (χ3v) is 4.65. The lowest BCUT2D eigenvalue weighted by Gasteiger charge is -2.35. The Labute approximate surface area is 182 Å². The monoisotopic (exact) mass is 510 g/mol. The molecule has 154 valence electrons. The fourth-order valence-corrected chi connectivity index (χ4v) is 3.23. The summed E-state index contributed by atoms with van der Waals surface area (Å²) in [7, 11) is 0. The lowest BCUT2D eigenvalue weighted by Crippen LogP contribution is -2.51. The Balaban J connectivity index is 0.00000364. The third kappa shape index (κ3) is 8.96. The zero-order valence-corrected chi connectivity index (χ0v) is 19.5. The maximum atomic E-state index is 11.5. The number of halogens is 1. The molecule has 1 aromatic heterocycles. The van der Waals surface area contributed by atoms with Crippen molar-refractivity contribution in [1.29, 1.82) is 0 Å². The number of carbonyl (C=O) groups is 1. The van der Waals surface area contributed by atoms with E-state index in [2.05, 4.69) is 25.1 Å². The zero-order chi connectivity index (χ0) is 19.0. The number of rotatable bonds is 6. The number of anilines is 1. The molecule has 1 saturated heterocycles. The average molecular weight is 510 g/mol. The molecule has 2 heterocycles. The molecular weight excluding hydrogens is 479 g/mol. The summed E-state index contributed by atoms with van der Waals surface area (Å²) in [6.07, 6.45) is 3.17. The molecule has 0 bridgehead atoms. The molecule has 0 atom stereocenters. The number of hydrogen-bond acceptors (Lipinski definition) is 6. The number of ether oxygens (including phenoxy) is 1. The number of amides is 1. The highest BCUT2D eigenvalue weighted by Gasteiger charge is 2.19. The van der Waals surface area contributed by atoms with E-state index in [4.69, 9.17) is 10.5 Å². The predicted octanol–water partition coefficient (Wildman–Crippen LogP) is 2.50. The van der Waals surface area contributed by atoms with Gasteiger partial charge in [0.05, 0.1) is 0 Å². The van der Waals surface area contributed by atoms with Crippen molar-refractivity contribution in [1.82, 2.24) is 15.2 Å². The van der Waals surface area contributed by atoms with Crippen molar-refractivity contribution in [3.63, 3.8) is 0 Å². The van der Waals surface area contributed by atoms with E-state index in [9.17, 15) is 4.79 Å². The van der Waals surface area contributed by atoms with Gasteiger partial charge in [0.25, 0.3) is 0 Å². The van der Waals surface area contributed by atoms with Gasteiger partial charge in [-0.05, 0) is 33.6 Å². The Morgan fingerprint density at radius 1 is 1.33 bits per heavy atom. The van der Waals surface area contributed by atoms with E-state index >= 15 is 0 Å². The van der Waals surface area contributed by atoms with Gasteiger partial charge in [-0.3, -0.25) is 4.99 Å². The van der Waals surface area contributed by atoms with Gasteiger partial charge in [0, 0.05) is 50.8 Å². The van der Waals surface area contributed by atoms with Crippen molar-refractivity contribution in [2.24, 2.45) is 10.7 Å². The van der Waals surface area contributed by atoms with Crippen molar-refractivity contribution < 1.29 is 9.53 Å². The number of hydrogen-bond donors (Lipinski definition) is 2. The molecule has 0 spiro atoms. The number of carbonyl (C=O) groups excluding carboxylic acids is 1. The third-order valence-electron chi connectivity index (χ3n) is 3.82. The molecule has 3 N–H and O–H groups in total. The van der Waals surface area contributed by atoms with Crippen molar-refractivity contribution in [2.45, 2.75) is 39.2 Å². The van der Waals surface area contributed by atoms with Gasteiger partial charge in [0.15, 0.2) is 11.1 Å². The van der Waals surface area contributed by atoms with Gasteiger partial charge >= 0.3 is 6.09 Å². The largest absolute Gasteiger partial charge is 0.444 e. The summed E-state index contributed by atoms with van der Waals surface area (Å²) < 4.78 is 5.19. The molecule has 1 aliphatic heterocycles. The van der Waals surface area contributed by atoms with Crippen LogP contribution in [-0.2, 0) is 4.74 Å². The number of aromatic nitrogens is 1. The maximum Gasteiger partial charge on any atom is 0.407 e. The highest BCUT2D eigenvalue weighted by atomic mass is 127. The van der Waals surface area contributed by atoms with Gasteiger partial charge in [0.2, 0.25) is 0 Å². The van der Waals surface area contributed by atoms with E-state index in [1.165, 1.54) is 0 Å². The van der Waals surface area contributed by atoms with Crippen LogP contribution in [0.25, 0.3) is 0 Å². The van der Waals surface area contributed by atoms with Crippen LogP contribution in [-0.4, -0.2) is 66.8 Å². The molecule has 1 aliphatic rings. The Hall–Kier alpha value is -1.30. The van der Waals surface area contributed by atoms with Crippen LogP contribution in [0.3, 0.4) is 0 Å². The first-order chi connectivity index (χ1) is 12.3. The minimum atomic E-state index is -0.466. The first kappa shape index (κ1) is 23.7. The number of nitrogens with zero attached hydrogens (tertiary/aromatic N) is 4. The van der Waals surface area contributed by atoms with E-state index in [0.29, 0.717) is 19.0 Å². The van der Waals surface area contributed by atoms with Crippen molar-refractivity contribution in [2.75, 3.05) is 44.2 Å². The standard InChI is InChI=1S/C17H30N6O2S.HI/c1-17(2,3)25-16(24)21-7-5-4-6-19-14(18)22-9-11-23(12-10-22)15-20-8-13-26-15;/h8,13H,4-7,9-12H2,1-3H3,(H2,18,19)(H,21,24);1H. The van der Waals surface area contributed by atoms with Crippen LogP contribution >= 0.6 is 35.3 Å². The second kappa shape index (κ2) is 11.5. The normalized spacial score (nSPS) is 15.3. The number of unbranched alkanes of at least 4 members (excludes halogenated alkanes) is 1. The number of thiazole rings is 1. The molecule has 1 amide bonds. The molecule has 0 radical (unpaired) electrons. The summed E-state index contributed by atoms with van der Waals surface area (Å²) in [4.78, 5) is 24.7. The Morgan fingerprint density at radius 3 is 2.63 bits per heavy atom. The number of aliphatic imine (C=N–C) groups is 1. The van der Waals surface area contributed by atoms with E-state index in [1.54, 1.807) is 11.3 Å². The average Bonchev–Trinajstić information content (AvgIpc) is 3.11. The molecule has 0 aliphatic carbocycles.